The van der Waals surface area contributed by atoms with Gasteiger partial charge in [0.05, 0.1) is 31.5 Å². The van der Waals surface area contributed by atoms with E-state index in [0.29, 0.717) is 32.3 Å². The maximum Gasteiger partial charge on any atom is 0.325 e. The van der Waals surface area contributed by atoms with Crippen molar-refractivity contribution >= 4 is 65.2 Å². The highest BCUT2D eigenvalue weighted by Crippen LogP contribution is 2.27. The van der Waals surface area contributed by atoms with Crippen molar-refractivity contribution in [3.8, 4) is 0 Å². The van der Waals surface area contributed by atoms with E-state index in [1.54, 1.807) is 18.7 Å². The summed E-state index contributed by atoms with van der Waals surface area (Å²) < 4.78 is 10.3. The van der Waals surface area contributed by atoms with Gasteiger partial charge in [-0.05, 0) is 44.4 Å². The Morgan fingerprint density at radius 3 is 2.10 bits per heavy atom. The molecule has 0 aromatic heterocycles. The third-order valence-corrected chi connectivity index (χ3v) is 10.8. The van der Waals surface area contributed by atoms with Crippen LogP contribution in [0.4, 0.5) is 0 Å². The van der Waals surface area contributed by atoms with E-state index in [4.69, 9.17) is 9.47 Å². The number of carbonyl (C=O) groups excluding carboxylic acids is 11. The minimum Gasteiger partial charge on any atom is -0.462 e. The van der Waals surface area contributed by atoms with Crippen molar-refractivity contribution in [3.63, 3.8) is 0 Å². The molecule has 2 aliphatic rings. The summed E-state index contributed by atoms with van der Waals surface area (Å²) in [6.45, 7) is 4.59. The molecule has 0 spiro atoms. The molecule has 20 heteroatoms. The first kappa shape index (κ1) is 49.9. The minimum atomic E-state index is -1.48. The van der Waals surface area contributed by atoms with Crippen molar-refractivity contribution in [2.75, 3.05) is 73.6 Å². The normalized spacial score (nSPS) is 17.4. The monoisotopic (exact) mass is 836 g/mol. The van der Waals surface area contributed by atoms with E-state index in [1.807, 2.05) is 0 Å². The largest absolute Gasteiger partial charge is 0.462 e. The SMILES string of the molecule is CCC(C)[C@H](CC(=O)C(COC(=O)CN(C)C=O)N(C)C(=O)CN(C)C(=O)C1CCCN1C(=O)C(C)=O)C(O)CC(=O)OCC(=O)C(C)C(=O)NCC(=O)N1CCCC1. The Morgan fingerprint density at radius 1 is 0.864 bits per heavy atom. The molecule has 0 aliphatic carbocycles. The number of amides is 6. The zero-order chi connectivity index (χ0) is 44.6. The lowest BCUT2D eigenvalue weighted by Crippen LogP contribution is -2.53. The number of hydrogen-bond donors (Lipinski definition) is 2. The number of carbonyl (C=O) groups is 11. The van der Waals surface area contributed by atoms with Gasteiger partial charge in [-0.15, -0.1) is 0 Å². The maximum absolute atomic E-state index is 14.0. The Hall–Kier alpha value is -5.27. The molecule has 2 fully saturated rings. The van der Waals surface area contributed by atoms with Crippen LogP contribution in [0, 0.1) is 17.8 Å². The van der Waals surface area contributed by atoms with Gasteiger partial charge in [-0.25, -0.2) is 0 Å². The highest BCUT2D eigenvalue weighted by Gasteiger charge is 2.39. The smallest absolute Gasteiger partial charge is 0.325 e. The van der Waals surface area contributed by atoms with Gasteiger partial charge in [0.2, 0.25) is 35.8 Å². The van der Waals surface area contributed by atoms with Crippen LogP contribution in [0.25, 0.3) is 0 Å². The Morgan fingerprint density at radius 2 is 1.51 bits per heavy atom. The van der Waals surface area contributed by atoms with E-state index in [2.05, 4.69) is 5.32 Å². The first-order valence-electron chi connectivity index (χ1n) is 19.8. The highest BCUT2D eigenvalue weighted by molar-refractivity contribution is 6.35. The second-order valence-electron chi connectivity index (χ2n) is 15.3. The average molecular weight is 837 g/mol. The summed E-state index contributed by atoms with van der Waals surface area (Å²) in [4.78, 5) is 144. The fourth-order valence-corrected chi connectivity index (χ4v) is 6.75. The van der Waals surface area contributed by atoms with Crippen LogP contribution < -0.4 is 5.32 Å². The zero-order valence-corrected chi connectivity index (χ0v) is 35.1. The number of aliphatic hydroxyl groups is 1. The summed E-state index contributed by atoms with van der Waals surface area (Å²) in [5, 5.41) is 13.6. The molecule has 0 bridgehead atoms. The van der Waals surface area contributed by atoms with Crippen molar-refractivity contribution in [2.45, 2.75) is 90.8 Å². The molecule has 0 saturated carbocycles. The van der Waals surface area contributed by atoms with Crippen molar-refractivity contribution in [3.05, 3.63) is 0 Å². The lowest BCUT2D eigenvalue weighted by molar-refractivity contribution is -0.154. The van der Waals surface area contributed by atoms with Gasteiger partial charge in [-0.1, -0.05) is 20.3 Å². The van der Waals surface area contributed by atoms with E-state index < -0.39 is 122 Å². The number of likely N-dealkylation sites (N-methyl/N-ethyl adjacent to an activating group) is 3. The number of hydrogen-bond acceptors (Lipinski definition) is 14. The lowest BCUT2D eigenvalue weighted by Gasteiger charge is -2.33. The second-order valence-corrected chi connectivity index (χ2v) is 15.3. The molecular weight excluding hydrogens is 776 g/mol. The molecule has 6 atom stereocenters. The molecule has 0 radical (unpaired) electrons. The van der Waals surface area contributed by atoms with Gasteiger partial charge >= 0.3 is 11.9 Å². The second kappa shape index (κ2) is 24.0. The minimum absolute atomic E-state index is 0.192. The molecule has 2 N–H and O–H groups in total. The van der Waals surface area contributed by atoms with Crippen LogP contribution in [0.3, 0.4) is 0 Å². The molecule has 0 aromatic carbocycles. The van der Waals surface area contributed by atoms with Crippen LogP contribution in [0.1, 0.15) is 72.6 Å². The van der Waals surface area contributed by atoms with Crippen molar-refractivity contribution in [1.29, 1.82) is 0 Å². The molecule has 330 valence electrons. The van der Waals surface area contributed by atoms with E-state index in [9.17, 15) is 57.8 Å². The van der Waals surface area contributed by atoms with E-state index in [0.717, 1.165) is 39.4 Å². The average Bonchev–Trinajstić information content (AvgIpc) is 3.93. The van der Waals surface area contributed by atoms with Gasteiger partial charge in [0, 0.05) is 54.1 Å². The van der Waals surface area contributed by atoms with Crippen molar-refractivity contribution in [1.82, 2.24) is 29.8 Å². The van der Waals surface area contributed by atoms with Gasteiger partial charge < -0.3 is 44.4 Å². The van der Waals surface area contributed by atoms with Crippen molar-refractivity contribution < 1.29 is 67.3 Å². The Bertz CT molecular complexity index is 1580. The summed E-state index contributed by atoms with van der Waals surface area (Å²) in [6.07, 6.45) is 0.807. The molecule has 2 aliphatic heterocycles. The Labute approximate surface area is 344 Å². The number of likely N-dealkylation sites (tertiary alicyclic amines) is 2. The Kier molecular flexibility index (Phi) is 20.3. The van der Waals surface area contributed by atoms with Gasteiger partial charge in [-0.3, -0.25) is 52.7 Å². The molecule has 5 unspecified atom stereocenters. The number of aliphatic hydroxyl groups excluding tert-OH is 1. The standard InChI is InChI=1S/C39H60N6O14/c1-8-24(2)27(30(48)17-35(53)59-22-32(50)25(3)37(55)40-18-33(51)44-13-9-10-14-44)16-31(49)29(21-58-36(54)20-41(5)23-46)43(7)34(52)19-42(6)39(57)28-12-11-15-45(28)38(56)26(4)47/h23-25,27-30,48H,8-22H2,1-7H3,(H,40,55)/t24?,25?,27-,28?,29?,30?/m0/s1. The van der Waals surface area contributed by atoms with E-state index in [-0.39, 0.29) is 31.3 Å². The van der Waals surface area contributed by atoms with E-state index >= 15 is 0 Å². The summed E-state index contributed by atoms with van der Waals surface area (Å²) in [5.74, 6) is -9.68. The predicted octanol–water partition coefficient (Wildman–Crippen LogP) is -1.66. The van der Waals surface area contributed by atoms with E-state index in [1.165, 1.54) is 28.1 Å². The first-order valence-corrected chi connectivity index (χ1v) is 19.8. The topological polar surface area (TPSA) is 255 Å². The molecule has 20 nitrogen and oxygen atoms in total. The molecule has 2 saturated heterocycles. The van der Waals surface area contributed by atoms with Crippen LogP contribution in [0.5, 0.6) is 0 Å². The number of Topliss-reactive ketones (excluding diaryl/α,β-unsaturated/α-hetero) is 3. The third kappa shape index (κ3) is 15.1. The number of ether oxygens (including phenoxy) is 2. The number of nitrogens with one attached hydrogen (secondary N) is 1. The summed E-state index contributed by atoms with van der Waals surface area (Å²) in [5.41, 5.74) is 0. The van der Waals surface area contributed by atoms with Crippen LogP contribution in [-0.2, 0) is 62.2 Å². The molecular formula is C39H60N6O14. The van der Waals surface area contributed by atoms with Gasteiger partial charge in [-0.2, -0.15) is 0 Å². The van der Waals surface area contributed by atoms with Gasteiger partial charge in [0.15, 0.2) is 18.2 Å². The first-order chi connectivity index (χ1) is 27.7. The summed E-state index contributed by atoms with van der Waals surface area (Å²) >= 11 is 0. The number of rotatable bonds is 24. The fourth-order valence-electron chi connectivity index (χ4n) is 6.75. The quantitative estimate of drug-likeness (QED) is 0.0478. The van der Waals surface area contributed by atoms with Gasteiger partial charge in [0.1, 0.15) is 25.2 Å². The molecule has 0 aromatic rings. The predicted molar refractivity (Wildman–Crippen MR) is 206 cm³/mol. The molecule has 6 amide bonds. The molecule has 2 rings (SSSR count). The fraction of sp³-hybridized carbons (Fsp3) is 0.718. The number of ketones is 3. The molecule has 59 heavy (non-hydrogen) atoms. The summed E-state index contributed by atoms with van der Waals surface area (Å²) in [6, 6.07) is -2.41. The van der Waals surface area contributed by atoms with Gasteiger partial charge in [0.25, 0.3) is 5.91 Å². The van der Waals surface area contributed by atoms with Crippen LogP contribution in [0.15, 0.2) is 0 Å². The van der Waals surface area contributed by atoms with Crippen molar-refractivity contribution in [2.24, 2.45) is 17.8 Å². The van der Waals surface area contributed by atoms with Crippen LogP contribution >= 0.6 is 0 Å². The summed E-state index contributed by atoms with van der Waals surface area (Å²) in [7, 11) is 3.90. The Balaban J connectivity index is 2.12. The third-order valence-electron chi connectivity index (χ3n) is 10.8. The van der Waals surface area contributed by atoms with Crippen LogP contribution in [0.2, 0.25) is 0 Å². The zero-order valence-electron chi connectivity index (χ0n) is 35.1. The maximum atomic E-state index is 14.0. The lowest BCUT2D eigenvalue weighted by atomic mass is 9.81. The number of esters is 2. The highest BCUT2D eigenvalue weighted by atomic mass is 16.5. The van der Waals surface area contributed by atoms with Crippen LogP contribution in [-0.4, -0.2) is 187 Å². The number of nitrogens with zero attached hydrogens (tertiary/aromatic N) is 5. The molecule has 2 heterocycles.